The van der Waals surface area contributed by atoms with Crippen LogP contribution >= 0.6 is 0 Å². The van der Waals surface area contributed by atoms with Crippen molar-refractivity contribution in [3.63, 3.8) is 0 Å². The van der Waals surface area contributed by atoms with E-state index in [-0.39, 0.29) is 6.09 Å². The zero-order chi connectivity index (χ0) is 15.2. The molecule has 1 saturated carbocycles. The lowest BCUT2D eigenvalue weighted by molar-refractivity contribution is 0.0163. The molecule has 20 heavy (non-hydrogen) atoms. The van der Waals surface area contributed by atoms with Crippen LogP contribution in [0.1, 0.15) is 47.0 Å². The van der Waals surface area contributed by atoms with Crippen LogP contribution in [0.2, 0.25) is 0 Å². The molecule has 0 heterocycles. The molecule has 1 amide bonds. The Balaban J connectivity index is 2.31. The summed E-state index contributed by atoms with van der Waals surface area (Å²) in [5, 5.41) is 12.9. The summed E-state index contributed by atoms with van der Waals surface area (Å²) >= 11 is 0. The van der Waals surface area contributed by atoms with Gasteiger partial charge in [-0.05, 0) is 53.0 Å². The number of nitrogens with one attached hydrogen (secondary N) is 1. The maximum Gasteiger partial charge on any atom is 0.410 e. The van der Waals surface area contributed by atoms with Gasteiger partial charge < -0.3 is 20.1 Å². The molecular weight excluding hydrogens is 256 g/mol. The molecule has 0 saturated heterocycles. The highest BCUT2D eigenvalue weighted by Crippen LogP contribution is 2.24. The summed E-state index contributed by atoms with van der Waals surface area (Å²) in [7, 11) is 0. The first-order chi connectivity index (χ1) is 9.28. The fourth-order valence-electron chi connectivity index (χ4n) is 2.12. The van der Waals surface area contributed by atoms with Gasteiger partial charge in [-0.15, -0.1) is 0 Å². The number of carbonyl (C=O) groups is 1. The van der Waals surface area contributed by atoms with Crippen LogP contribution in [0, 0.1) is 5.92 Å². The van der Waals surface area contributed by atoms with Crippen LogP contribution in [0.3, 0.4) is 0 Å². The van der Waals surface area contributed by atoms with Crippen molar-refractivity contribution in [1.82, 2.24) is 10.2 Å². The van der Waals surface area contributed by atoms with Crippen molar-refractivity contribution in [2.45, 2.75) is 58.7 Å². The van der Waals surface area contributed by atoms with Gasteiger partial charge in [0.2, 0.25) is 0 Å². The van der Waals surface area contributed by atoms with E-state index in [0.717, 1.165) is 19.0 Å². The highest BCUT2D eigenvalue weighted by Gasteiger charge is 2.23. The van der Waals surface area contributed by atoms with E-state index < -0.39 is 11.7 Å². The van der Waals surface area contributed by atoms with Crippen molar-refractivity contribution in [3.8, 4) is 0 Å². The predicted octanol–water partition coefficient (Wildman–Crippen LogP) is 1.99. The molecule has 1 aliphatic rings. The van der Waals surface area contributed by atoms with Gasteiger partial charge in [0.1, 0.15) is 5.60 Å². The largest absolute Gasteiger partial charge is 0.444 e. The summed E-state index contributed by atoms with van der Waals surface area (Å²) < 4.78 is 5.36. The molecule has 1 fully saturated rings. The summed E-state index contributed by atoms with van der Waals surface area (Å²) in [5.41, 5.74) is -0.507. The first kappa shape index (κ1) is 17.2. The van der Waals surface area contributed by atoms with Gasteiger partial charge in [-0.2, -0.15) is 0 Å². The molecule has 1 aliphatic carbocycles. The Morgan fingerprint density at radius 2 is 2.10 bits per heavy atom. The zero-order valence-electron chi connectivity index (χ0n) is 13.3. The Morgan fingerprint density at radius 3 is 2.55 bits per heavy atom. The molecule has 5 heteroatoms. The summed E-state index contributed by atoms with van der Waals surface area (Å²) in [6, 6.07) is 0. The molecule has 0 aliphatic heterocycles. The summed E-state index contributed by atoms with van der Waals surface area (Å²) in [4.78, 5) is 13.6. The van der Waals surface area contributed by atoms with E-state index in [9.17, 15) is 9.90 Å². The normalized spacial score (nSPS) is 17.4. The molecule has 0 aromatic rings. The fraction of sp³-hybridized carbons (Fsp3) is 0.933. The molecule has 5 nitrogen and oxygen atoms in total. The van der Waals surface area contributed by atoms with E-state index in [4.69, 9.17) is 4.74 Å². The van der Waals surface area contributed by atoms with Crippen LogP contribution in [-0.2, 0) is 4.74 Å². The van der Waals surface area contributed by atoms with E-state index in [2.05, 4.69) is 5.32 Å². The van der Waals surface area contributed by atoms with Gasteiger partial charge in [-0.1, -0.05) is 6.42 Å². The molecule has 2 N–H and O–H groups in total. The number of aliphatic hydroxyl groups excluding tert-OH is 1. The lowest BCUT2D eigenvalue weighted by Crippen LogP contribution is -2.44. The number of rotatable bonds is 7. The van der Waals surface area contributed by atoms with Crippen molar-refractivity contribution in [3.05, 3.63) is 0 Å². The van der Waals surface area contributed by atoms with Crippen molar-refractivity contribution >= 4 is 6.09 Å². The predicted molar refractivity (Wildman–Crippen MR) is 79.7 cm³/mol. The first-order valence-electron chi connectivity index (χ1n) is 7.64. The van der Waals surface area contributed by atoms with E-state index in [1.165, 1.54) is 19.3 Å². The third-order valence-corrected chi connectivity index (χ3v) is 3.35. The monoisotopic (exact) mass is 286 g/mol. The molecule has 0 aromatic heterocycles. The summed E-state index contributed by atoms with van der Waals surface area (Å²) in [6.07, 6.45) is 3.07. The molecule has 0 aromatic carbocycles. The highest BCUT2D eigenvalue weighted by molar-refractivity contribution is 5.68. The van der Waals surface area contributed by atoms with Gasteiger partial charge in [0.15, 0.2) is 0 Å². The topological polar surface area (TPSA) is 61.8 Å². The van der Waals surface area contributed by atoms with Gasteiger partial charge in [0, 0.05) is 19.6 Å². The first-order valence-corrected chi connectivity index (χ1v) is 7.64. The van der Waals surface area contributed by atoms with E-state index >= 15 is 0 Å². The van der Waals surface area contributed by atoms with Gasteiger partial charge in [-0.25, -0.2) is 4.79 Å². The number of ether oxygens (including phenoxy) is 1. The smallest absolute Gasteiger partial charge is 0.410 e. The van der Waals surface area contributed by atoms with Crippen molar-refractivity contribution in [2.24, 2.45) is 5.92 Å². The molecule has 118 valence electrons. The maximum absolute atomic E-state index is 12.1. The second kappa shape index (κ2) is 7.84. The fourth-order valence-corrected chi connectivity index (χ4v) is 2.12. The number of carbonyl (C=O) groups excluding carboxylic acids is 1. The minimum atomic E-state index is -0.547. The lowest BCUT2D eigenvalue weighted by Gasteiger charge is -2.29. The minimum absolute atomic E-state index is 0.306. The standard InChI is InChI=1S/C15H30N2O3/c1-12(18)11-17(14(19)20-15(2,3)4)9-8-16-10-13-6-5-7-13/h12-13,16,18H,5-11H2,1-4H3. The lowest BCUT2D eigenvalue weighted by atomic mass is 9.85. The van der Waals surface area contributed by atoms with Crippen molar-refractivity contribution in [2.75, 3.05) is 26.2 Å². The third-order valence-electron chi connectivity index (χ3n) is 3.35. The van der Waals surface area contributed by atoms with E-state index in [1.54, 1.807) is 11.8 Å². The SMILES string of the molecule is CC(O)CN(CCNCC1CCC1)C(=O)OC(C)(C)C. The average Bonchev–Trinajstić information content (AvgIpc) is 2.21. The third kappa shape index (κ3) is 7.10. The maximum atomic E-state index is 12.1. The van der Waals surface area contributed by atoms with Crippen LogP contribution in [0.4, 0.5) is 4.79 Å². The van der Waals surface area contributed by atoms with Gasteiger partial charge in [0.05, 0.1) is 6.10 Å². The Bertz CT molecular complexity index is 296. The zero-order valence-corrected chi connectivity index (χ0v) is 13.3. The Labute approximate surface area is 122 Å². The number of aliphatic hydroxyl groups is 1. The average molecular weight is 286 g/mol. The number of nitrogens with zero attached hydrogens (tertiary/aromatic N) is 1. The molecule has 0 bridgehead atoms. The van der Waals surface area contributed by atoms with Crippen LogP contribution in [0.25, 0.3) is 0 Å². The Hall–Kier alpha value is -0.810. The molecular formula is C15H30N2O3. The molecule has 0 radical (unpaired) electrons. The summed E-state index contributed by atoms with van der Waals surface area (Å²) in [5.74, 6) is 0.807. The van der Waals surface area contributed by atoms with Gasteiger partial charge in [-0.3, -0.25) is 0 Å². The van der Waals surface area contributed by atoms with E-state index in [0.29, 0.717) is 13.1 Å². The van der Waals surface area contributed by atoms with Gasteiger partial charge in [0.25, 0.3) is 0 Å². The Morgan fingerprint density at radius 1 is 1.45 bits per heavy atom. The molecule has 0 spiro atoms. The number of amides is 1. The molecule has 1 rings (SSSR count). The quantitative estimate of drug-likeness (QED) is 0.703. The number of hydrogen-bond acceptors (Lipinski definition) is 4. The second-order valence-electron chi connectivity index (χ2n) is 6.78. The van der Waals surface area contributed by atoms with Crippen LogP contribution in [0.5, 0.6) is 0 Å². The van der Waals surface area contributed by atoms with Crippen molar-refractivity contribution in [1.29, 1.82) is 0 Å². The minimum Gasteiger partial charge on any atom is -0.444 e. The van der Waals surface area contributed by atoms with Crippen LogP contribution in [-0.4, -0.2) is 54.0 Å². The van der Waals surface area contributed by atoms with E-state index in [1.807, 2.05) is 20.8 Å². The highest BCUT2D eigenvalue weighted by atomic mass is 16.6. The summed E-state index contributed by atoms with van der Waals surface area (Å²) in [6.45, 7) is 9.85. The van der Waals surface area contributed by atoms with Crippen molar-refractivity contribution < 1.29 is 14.6 Å². The van der Waals surface area contributed by atoms with Gasteiger partial charge >= 0.3 is 6.09 Å². The van der Waals surface area contributed by atoms with Crippen LogP contribution < -0.4 is 5.32 Å². The Kier molecular flexibility index (Phi) is 6.76. The van der Waals surface area contributed by atoms with Crippen LogP contribution in [0.15, 0.2) is 0 Å². The molecule has 1 unspecified atom stereocenters. The molecule has 1 atom stereocenters. The number of hydrogen-bond donors (Lipinski definition) is 2. The second-order valence-corrected chi connectivity index (χ2v) is 6.78.